The molecule has 0 fully saturated rings. The van der Waals surface area contributed by atoms with Gasteiger partial charge in [-0.25, -0.2) is 4.79 Å². The molecule has 1 aromatic rings. The predicted octanol–water partition coefficient (Wildman–Crippen LogP) is 1.97. The van der Waals surface area contributed by atoms with Gasteiger partial charge in [-0.05, 0) is 31.4 Å². The minimum absolute atomic E-state index is 0.155. The third-order valence-corrected chi connectivity index (χ3v) is 5.65. The van der Waals surface area contributed by atoms with E-state index in [9.17, 15) is 14.4 Å². The van der Waals surface area contributed by atoms with Crippen molar-refractivity contribution in [3.63, 3.8) is 0 Å². The first-order chi connectivity index (χ1) is 15.9. The van der Waals surface area contributed by atoms with Crippen molar-refractivity contribution in [2.24, 2.45) is 5.73 Å². The van der Waals surface area contributed by atoms with E-state index in [1.165, 1.54) is 48.6 Å². The molecular formula is C24H38N4O5. The van der Waals surface area contributed by atoms with Crippen LogP contribution in [-0.4, -0.2) is 45.9 Å². The van der Waals surface area contributed by atoms with Gasteiger partial charge in [0.1, 0.15) is 6.10 Å². The van der Waals surface area contributed by atoms with Crippen molar-refractivity contribution in [2.75, 3.05) is 13.2 Å². The van der Waals surface area contributed by atoms with Gasteiger partial charge in [0.05, 0.1) is 12.2 Å². The van der Waals surface area contributed by atoms with E-state index in [0.29, 0.717) is 6.54 Å². The lowest BCUT2D eigenvalue weighted by Crippen LogP contribution is -2.33. The molecule has 0 aliphatic carbocycles. The van der Waals surface area contributed by atoms with Crippen LogP contribution in [0.3, 0.4) is 0 Å². The number of nitrogens with zero attached hydrogens (tertiary/aromatic N) is 1. The molecule has 0 radical (unpaired) electrons. The van der Waals surface area contributed by atoms with E-state index < -0.39 is 23.6 Å². The summed E-state index contributed by atoms with van der Waals surface area (Å²) in [4.78, 5) is 38.4. The second-order valence-electron chi connectivity index (χ2n) is 8.47. The summed E-state index contributed by atoms with van der Waals surface area (Å²) < 4.78 is 6.70. The maximum absolute atomic E-state index is 12.1. The lowest BCUT2D eigenvalue weighted by atomic mass is 10.0. The topological polar surface area (TPSA) is 139 Å². The summed E-state index contributed by atoms with van der Waals surface area (Å²) in [7, 11) is 0. The summed E-state index contributed by atoms with van der Waals surface area (Å²) in [6, 6.07) is 0.264. The number of aromatic amines is 1. The number of unbranched alkanes of at least 4 members (excludes halogenated alkanes) is 5. The second kappa shape index (κ2) is 14.6. The van der Waals surface area contributed by atoms with Crippen LogP contribution in [0.25, 0.3) is 6.08 Å². The maximum Gasteiger partial charge on any atom is 0.330 e. The van der Waals surface area contributed by atoms with Crippen LogP contribution in [0.1, 0.15) is 76.5 Å². The third kappa shape index (κ3) is 9.49. The summed E-state index contributed by atoms with van der Waals surface area (Å²) in [5.41, 5.74) is 5.08. The molecular weight excluding hydrogens is 424 g/mol. The molecule has 0 aromatic carbocycles. The molecule has 1 aliphatic heterocycles. The Morgan fingerprint density at radius 3 is 2.61 bits per heavy atom. The molecule has 33 heavy (non-hydrogen) atoms. The van der Waals surface area contributed by atoms with Crippen LogP contribution in [-0.2, 0) is 9.53 Å². The molecule has 1 aliphatic rings. The van der Waals surface area contributed by atoms with Gasteiger partial charge in [-0.15, -0.1) is 0 Å². The molecule has 184 valence electrons. The minimum atomic E-state index is -0.725. The number of aliphatic hydroxyl groups excluding tert-OH is 1. The number of carbonyl (C=O) groups is 1. The highest BCUT2D eigenvalue weighted by Crippen LogP contribution is 2.19. The van der Waals surface area contributed by atoms with Crippen molar-refractivity contribution in [3.8, 4) is 0 Å². The van der Waals surface area contributed by atoms with Crippen molar-refractivity contribution in [2.45, 2.75) is 83.1 Å². The number of carbonyl (C=O) groups excluding carboxylic acids is 1. The highest BCUT2D eigenvalue weighted by Gasteiger charge is 2.21. The first kappa shape index (κ1) is 26.8. The molecule has 2 heterocycles. The fourth-order valence-corrected chi connectivity index (χ4v) is 3.68. The van der Waals surface area contributed by atoms with Crippen LogP contribution in [0.15, 0.2) is 34.0 Å². The van der Waals surface area contributed by atoms with Crippen molar-refractivity contribution in [3.05, 3.63) is 50.8 Å². The summed E-state index contributed by atoms with van der Waals surface area (Å²) in [6.07, 6.45) is 16.0. The Hall–Kier alpha value is -2.49. The van der Waals surface area contributed by atoms with Gasteiger partial charge in [0, 0.05) is 24.9 Å². The quantitative estimate of drug-likeness (QED) is 0.178. The van der Waals surface area contributed by atoms with Crippen molar-refractivity contribution >= 4 is 12.0 Å². The number of aliphatic hydroxyl groups is 1. The monoisotopic (exact) mass is 462 g/mol. The van der Waals surface area contributed by atoms with Crippen LogP contribution in [0, 0.1) is 0 Å². The second-order valence-corrected chi connectivity index (χ2v) is 8.47. The van der Waals surface area contributed by atoms with Gasteiger partial charge in [-0.1, -0.05) is 51.5 Å². The fourth-order valence-electron chi connectivity index (χ4n) is 3.68. The Morgan fingerprint density at radius 1 is 1.21 bits per heavy atom. The van der Waals surface area contributed by atoms with E-state index >= 15 is 0 Å². The average molecular weight is 463 g/mol. The highest BCUT2D eigenvalue weighted by molar-refractivity contribution is 5.91. The number of nitrogens with one attached hydrogen (secondary N) is 2. The minimum Gasteiger partial charge on any atom is -0.393 e. The van der Waals surface area contributed by atoms with Crippen LogP contribution >= 0.6 is 0 Å². The Morgan fingerprint density at radius 2 is 1.94 bits per heavy atom. The normalized spacial score (nSPS) is 18.8. The molecule has 0 bridgehead atoms. The molecule has 1 aromatic heterocycles. The zero-order valence-corrected chi connectivity index (χ0v) is 19.5. The Balaban J connectivity index is 1.72. The SMILES string of the molecule is CCCCCCC(N)CCCCCNC(=O)/C=C\c1cn(C2C=CC(CO)O2)c(=O)[nH]c1=O. The summed E-state index contributed by atoms with van der Waals surface area (Å²) in [5, 5.41) is 12.0. The zero-order valence-electron chi connectivity index (χ0n) is 19.5. The molecule has 5 N–H and O–H groups in total. The molecule has 0 saturated heterocycles. The lowest BCUT2D eigenvalue weighted by molar-refractivity contribution is -0.116. The molecule has 1 amide bonds. The summed E-state index contributed by atoms with van der Waals surface area (Å²) >= 11 is 0. The number of rotatable bonds is 15. The molecule has 0 saturated carbocycles. The Labute approximate surface area is 194 Å². The summed E-state index contributed by atoms with van der Waals surface area (Å²) in [5.74, 6) is -0.308. The third-order valence-electron chi connectivity index (χ3n) is 5.65. The first-order valence-electron chi connectivity index (χ1n) is 12.0. The summed E-state index contributed by atoms with van der Waals surface area (Å²) in [6.45, 7) is 2.55. The average Bonchev–Trinajstić information content (AvgIpc) is 3.27. The van der Waals surface area contributed by atoms with E-state index in [1.807, 2.05) is 0 Å². The van der Waals surface area contributed by atoms with Gasteiger partial charge in [0.25, 0.3) is 5.56 Å². The maximum atomic E-state index is 12.1. The number of hydrogen-bond donors (Lipinski definition) is 4. The molecule has 3 unspecified atom stereocenters. The van der Waals surface area contributed by atoms with Gasteiger partial charge in [-0.3, -0.25) is 19.1 Å². The Bertz CT molecular complexity index is 905. The van der Waals surface area contributed by atoms with Crippen LogP contribution in [0.5, 0.6) is 0 Å². The van der Waals surface area contributed by atoms with Gasteiger partial charge >= 0.3 is 5.69 Å². The van der Waals surface area contributed by atoms with E-state index in [-0.39, 0.29) is 24.1 Å². The molecule has 3 atom stereocenters. The van der Waals surface area contributed by atoms with E-state index in [0.717, 1.165) is 32.1 Å². The van der Waals surface area contributed by atoms with E-state index in [1.54, 1.807) is 12.2 Å². The van der Waals surface area contributed by atoms with Gasteiger partial charge in [0.15, 0.2) is 6.23 Å². The number of ether oxygens (including phenoxy) is 1. The number of nitrogens with two attached hydrogens (primary N) is 1. The van der Waals surface area contributed by atoms with E-state index in [2.05, 4.69) is 17.2 Å². The molecule has 9 heteroatoms. The smallest absolute Gasteiger partial charge is 0.330 e. The van der Waals surface area contributed by atoms with Crippen molar-refractivity contribution in [1.82, 2.24) is 14.9 Å². The molecule has 2 rings (SSSR count). The van der Waals surface area contributed by atoms with Gasteiger partial charge in [0.2, 0.25) is 5.91 Å². The van der Waals surface area contributed by atoms with Crippen LogP contribution in [0.4, 0.5) is 0 Å². The number of amides is 1. The Kier molecular flexibility index (Phi) is 11.9. The fraction of sp³-hybridized carbons (Fsp3) is 0.625. The number of hydrogen-bond acceptors (Lipinski definition) is 6. The largest absolute Gasteiger partial charge is 0.393 e. The van der Waals surface area contributed by atoms with Crippen molar-refractivity contribution in [1.29, 1.82) is 0 Å². The standard InChI is InChI=1S/C24H38N4O5/c1-2-3-4-6-9-19(25)10-7-5-8-15-26-21(30)13-11-18-16-28(24(32)27-23(18)31)22-14-12-20(17-29)33-22/h11-14,16,19-20,22,29H,2-10,15,17,25H2,1H3,(H,26,30)(H,27,31,32)/b13-11-. The zero-order chi connectivity index (χ0) is 24.1. The van der Waals surface area contributed by atoms with E-state index in [4.69, 9.17) is 15.6 Å². The van der Waals surface area contributed by atoms with Crippen LogP contribution in [0.2, 0.25) is 0 Å². The van der Waals surface area contributed by atoms with Gasteiger partial charge in [-0.2, -0.15) is 0 Å². The molecule has 9 nitrogen and oxygen atoms in total. The first-order valence-corrected chi connectivity index (χ1v) is 12.0. The van der Waals surface area contributed by atoms with Crippen molar-refractivity contribution < 1.29 is 14.6 Å². The highest BCUT2D eigenvalue weighted by atomic mass is 16.5. The number of aromatic nitrogens is 2. The lowest BCUT2D eigenvalue weighted by Gasteiger charge is -2.15. The van der Waals surface area contributed by atoms with Gasteiger partial charge < -0.3 is 20.9 Å². The predicted molar refractivity (Wildman–Crippen MR) is 129 cm³/mol. The number of H-pyrrole nitrogens is 1. The van der Waals surface area contributed by atoms with Crippen LogP contribution < -0.4 is 22.3 Å². The molecule has 0 spiro atoms.